The van der Waals surface area contributed by atoms with Crippen molar-refractivity contribution in [3.63, 3.8) is 0 Å². The van der Waals surface area contributed by atoms with Crippen LogP contribution in [0.3, 0.4) is 0 Å². The molecule has 1 fully saturated rings. The summed E-state index contributed by atoms with van der Waals surface area (Å²) in [4.78, 5) is 15.5. The number of nitrogens with zero attached hydrogens (tertiary/aromatic N) is 2. The van der Waals surface area contributed by atoms with E-state index in [1.807, 2.05) is 4.90 Å². The molecular weight excluding hydrogens is 292 g/mol. The fourth-order valence-electron chi connectivity index (χ4n) is 2.41. The first-order chi connectivity index (χ1) is 10.6. The van der Waals surface area contributed by atoms with Gasteiger partial charge >= 0.3 is 6.03 Å². The van der Waals surface area contributed by atoms with E-state index >= 15 is 0 Å². The van der Waals surface area contributed by atoms with Crippen molar-refractivity contribution < 1.29 is 18.3 Å². The molecule has 1 aliphatic rings. The highest BCUT2D eigenvalue weighted by molar-refractivity contribution is 5.74. The van der Waals surface area contributed by atoms with Crippen LogP contribution in [-0.2, 0) is 4.74 Å². The van der Waals surface area contributed by atoms with Crippen molar-refractivity contribution in [1.82, 2.24) is 10.2 Å². The Bertz CT molecular complexity index is 506. The van der Waals surface area contributed by atoms with Crippen LogP contribution in [0.15, 0.2) is 18.2 Å². The average molecular weight is 313 g/mol. The molecule has 0 spiro atoms. The fraction of sp³-hybridized carbons (Fsp3) is 0.533. The molecule has 22 heavy (non-hydrogen) atoms. The van der Waals surface area contributed by atoms with Gasteiger partial charge in [0.15, 0.2) is 0 Å². The second-order valence-electron chi connectivity index (χ2n) is 5.15. The summed E-state index contributed by atoms with van der Waals surface area (Å²) >= 11 is 0. The zero-order valence-corrected chi connectivity index (χ0v) is 12.6. The number of halogens is 2. The van der Waals surface area contributed by atoms with Gasteiger partial charge in [0.1, 0.15) is 11.6 Å². The van der Waals surface area contributed by atoms with Crippen LogP contribution < -0.4 is 10.2 Å². The lowest BCUT2D eigenvalue weighted by Gasteiger charge is -2.36. The van der Waals surface area contributed by atoms with Crippen LogP contribution >= 0.6 is 0 Å². The van der Waals surface area contributed by atoms with Gasteiger partial charge in [0.05, 0.1) is 5.69 Å². The molecule has 2 rings (SSSR count). The van der Waals surface area contributed by atoms with E-state index in [9.17, 15) is 13.6 Å². The average Bonchev–Trinajstić information content (AvgIpc) is 2.52. The molecule has 5 nitrogen and oxygen atoms in total. The van der Waals surface area contributed by atoms with Crippen LogP contribution in [0.25, 0.3) is 0 Å². The predicted octanol–water partition coefficient (Wildman–Crippen LogP) is 1.83. The SMILES string of the molecule is COCCCNC(=O)N1CCN(c2ccc(F)cc2F)CC1. The molecule has 1 heterocycles. The summed E-state index contributed by atoms with van der Waals surface area (Å²) in [5, 5.41) is 2.83. The standard InChI is InChI=1S/C15H21F2N3O2/c1-22-10-2-5-18-15(21)20-8-6-19(7-9-20)14-4-3-12(16)11-13(14)17/h3-4,11H,2,5-10H2,1H3,(H,18,21). The third-order valence-corrected chi connectivity index (χ3v) is 3.62. The van der Waals surface area contributed by atoms with E-state index in [0.29, 0.717) is 45.0 Å². The summed E-state index contributed by atoms with van der Waals surface area (Å²) in [5.74, 6) is -1.16. The number of anilines is 1. The number of methoxy groups -OCH3 is 1. The molecular formula is C15H21F2N3O2. The first-order valence-electron chi connectivity index (χ1n) is 7.33. The van der Waals surface area contributed by atoms with E-state index in [1.165, 1.54) is 12.1 Å². The number of urea groups is 1. The number of piperazine rings is 1. The monoisotopic (exact) mass is 313 g/mol. The predicted molar refractivity (Wildman–Crippen MR) is 80.0 cm³/mol. The van der Waals surface area contributed by atoms with Crippen LogP contribution in [0.2, 0.25) is 0 Å². The van der Waals surface area contributed by atoms with Crippen LogP contribution in [-0.4, -0.2) is 57.4 Å². The van der Waals surface area contributed by atoms with Gasteiger partial charge in [-0.15, -0.1) is 0 Å². The molecule has 1 N–H and O–H groups in total. The van der Waals surface area contributed by atoms with E-state index in [2.05, 4.69) is 5.32 Å². The van der Waals surface area contributed by atoms with E-state index < -0.39 is 11.6 Å². The Kier molecular flexibility index (Phi) is 5.94. The second kappa shape index (κ2) is 7.93. The molecule has 1 aliphatic heterocycles. The summed E-state index contributed by atoms with van der Waals surface area (Å²) in [6.45, 7) is 3.24. The van der Waals surface area contributed by atoms with Crippen molar-refractivity contribution in [2.24, 2.45) is 0 Å². The van der Waals surface area contributed by atoms with Crippen molar-refractivity contribution in [2.75, 3.05) is 51.3 Å². The Balaban J connectivity index is 1.81. The summed E-state index contributed by atoms with van der Waals surface area (Å²) in [6.07, 6.45) is 0.767. The van der Waals surface area contributed by atoms with Gasteiger partial charge in [-0.1, -0.05) is 0 Å². The third kappa shape index (κ3) is 4.30. The number of hydrogen-bond donors (Lipinski definition) is 1. The first kappa shape index (κ1) is 16.5. The molecule has 122 valence electrons. The lowest BCUT2D eigenvalue weighted by molar-refractivity contribution is 0.183. The smallest absolute Gasteiger partial charge is 0.317 e. The maximum Gasteiger partial charge on any atom is 0.317 e. The van der Waals surface area contributed by atoms with Gasteiger partial charge < -0.3 is 19.9 Å². The Morgan fingerprint density at radius 1 is 1.27 bits per heavy atom. The van der Waals surface area contributed by atoms with Crippen LogP contribution in [0.5, 0.6) is 0 Å². The Morgan fingerprint density at radius 3 is 2.64 bits per heavy atom. The quantitative estimate of drug-likeness (QED) is 0.844. The summed E-state index contributed by atoms with van der Waals surface area (Å²) in [5.41, 5.74) is 0.376. The topological polar surface area (TPSA) is 44.8 Å². The number of amides is 2. The largest absolute Gasteiger partial charge is 0.385 e. The van der Waals surface area contributed by atoms with Gasteiger partial charge in [0.25, 0.3) is 0 Å². The van der Waals surface area contributed by atoms with E-state index in [-0.39, 0.29) is 6.03 Å². The third-order valence-electron chi connectivity index (χ3n) is 3.62. The minimum Gasteiger partial charge on any atom is -0.385 e. The van der Waals surface area contributed by atoms with Crippen molar-refractivity contribution in [3.8, 4) is 0 Å². The van der Waals surface area contributed by atoms with Gasteiger partial charge in [-0.2, -0.15) is 0 Å². The zero-order chi connectivity index (χ0) is 15.9. The number of rotatable bonds is 5. The van der Waals surface area contributed by atoms with Gasteiger partial charge in [0, 0.05) is 52.5 Å². The van der Waals surface area contributed by atoms with Gasteiger partial charge in [-0.3, -0.25) is 0 Å². The normalized spacial score (nSPS) is 15.0. The molecule has 2 amide bonds. The highest BCUT2D eigenvalue weighted by Crippen LogP contribution is 2.21. The molecule has 0 aromatic heterocycles. The lowest BCUT2D eigenvalue weighted by Crippen LogP contribution is -2.52. The number of ether oxygens (including phenoxy) is 1. The zero-order valence-electron chi connectivity index (χ0n) is 12.6. The van der Waals surface area contributed by atoms with Gasteiger partial charge in [0.2, 0.25) is 0 Å². The van der Waals surface area contributed by atoms with Crippen molar-refractivity contribution in [1.29, 1.82) is 0 Å². The minimum atomic E-state index is -0.588. The number of hydrogen-bond acceptors (Lipinski definition) is 3. The maximum atomic E-state index is 13.7. The van der Waals surface area contributed by atoms with E-state index in [1.54, 1.807) is 12.0 Å². The fourth-order valence-corrected chi connectivity index (χ4v) is 2.41. The van der Waals surface area contributed by atoms with Crippen LogP contribution in [0, 0.1) is 11.6 Å². The van der Waals surface area contributed by atoms with E-state index in [4.69, 9.17) is 4.74 Å². The van der Waals surface area contributed by atoms with Gasteiger partial charge in [-0.05, 0) is 18.6 Å². The maximum absolute atomic E-state index is 13.7. The molecule has 0 saturated carbocycles. The molecule has 1 saturated heterocycles. The molecule has 0 aliphatic carbocycles. The Morgan fingerprint density at radius 2 is 2.00 bits per heavy atom. The lowest BCUT2D eigenvalue weighted by atomic mass is 10.2. The minimum absolute atomic E-state index is 0.115. The summed E-state index contributed by atoms with van der Waals surface area (Å²) in [7, 11) is 1.62. The Hall–Kier alpha value is -1.89. The van der Waals surface area contributed by atoms with Gasteiger partial charge in [-0.25, -0.2) is 13.6 Å². The summed E-state index contributed by atoms with van der Waals surface area (Å²) < 4.78 is 31.6. The van der Waals surface area contributed by atoms with Crippen LogP contribution in [0.4, 0.5) is 19.3 Å². The highest BCUT2D eigenvalue weighted by Gasteiger charge is 2.22. The molecule has 0 radical (unpaired) electrons. The summed E-state index contributed by atoms with van der Waals surface area (Å²) in [6, 6.07) is 3.44. The second-order valence-corrected chi connectivity index (χ2v) is 5.15. The molecule has 0 unspecified atom stereocenters. The first-order valence-corrected chi connectivity index (χ1v) is 7.33. The highest BCUT2D eigenvalue weighted by atomic mass is 19.1. The Labute approximate surface area is 128 Å². The van der Waals surface area contributed by atoms with Crippen molar-refractivity contribution in [2.45, 2.75) is 6.42 Å². The van der Waals surface area contributed by atoms with E-state index in [0.717, 1.165) is 12.5 Å². The number of benzene rings is 1. The number of carbonyl (C=O) groups is 1. The molecule has 1 aromatic carbocycles. The molecule has 1 aromatic rings. The van der Waals surface area contributed by atoms with Crippen molar-refractivity contribution >= 4 is 11.7 Å². The number of nitrogens with one attached hydrogen (secondary N) is 1. The molecule has 0 atom stereocenters. The van der Waals surface area contributed by atoms with Crippen LogP contribution in [0.1, 0.15) is 6.42 Å². The number of carbonyl (C=O) groups excluding carboxylic acids is 1. The molecule has 0 bridgehead atoms. The molecule has 7 heteroatoms. The van der Waals surface area contributed by atoms with Crippen molar-refractivity contribution in [3.05, 3.63) is 29.8 Å².